The maximum Gasteiger partial charge on any atom is 0.490 e. The van der Waals surface area contributed by atoms with Crippen molar-refractivity contribution in [1.29, 1.82) is 0 Å². The number of hydrogen-bond acceptors (Lipinski definition) is 5. The van der Waals surface area contributed by atoms with Gasteiger partial charge >= 0.3 is 12.1 Å². The summed E-state index contributed by atoms with van der Waals surface area (Å²) in [5.74, 6) is -1.18. The zero-order chi connectivity index (χ0) is 26.9. The van der Waals surface area contributed by atoms with Crippen LogP contribution in [0, 0.1) is 11.3 Å². The van der Waals surface area contributed by atoms with Crippen LogP contribution in [0.4, 0.5) is 13.2 Å². The lowest BCUT2D eigenvalue weighted by molar-refractivity contribution is -0.192. The number of hydrogen-bond donors (Lipinski definition) is 1. The molecule has 6 nitrogen and oxygen atoms in total. The lowest BCUT2D eigenvalue weighted by atomic mass is 9.90. The average molecular weight is 527 g/mol. The second-order valence-electron chi connectivity index (χ2n) is 9.78. The molecule has 2 heterocycles. The highest BCUT2D eigenvalue weighted by molar-refractivity contribution is 7.98. The van der Waals surface area contributed by atoms with Gasteiger partial charge in [-0.1, -0.05) is 32.9 Å². The van der Waals surface area contributed by atoms with Crippen LogP contribution < -0.4 is 4.74 Å². The average Bonchev–Trinajstić information content (AvgIpc) is 2.82. The van der Waals surface area contributed by atoms with Gasteiger partial charge in [0.15, 0.2) is 0 Å². The number of pyridine rings is 1. The number of rotatable bonds is 6. The Labute approximate surface area is 214 Å². The zero-order valence-electron chi connectivity index (χ0n) is 21.0. The lowest BCUT2D eigenvalue weighted by Gasteiger charge is -2.33. The molecule has 10 heteroatoms. The van der Waals surface area contributed by atoms with Crippen LogP contribution in [0.5, 0.6) is 5.75 Å². The number of benzene rings is 1. The molecule has 36 heavy (non-hydrogen) atoms. The Morgan fingerprint density at radius 3 is 2.11 bits per heavy atom. The number of aliphatic carboxylic acids is 1. The van der Waals surface area contributed by atoms with Crippen LogP contribution in [0.25, 0.3) is 11.3 Å². The third-order valence-electron chi connectivity index (χ3n) is 5.50. The molecule has 1 amide bonds. The van der Waals surface area contributed by atoms with Gasteiger partial charge < -0.3 is 14.7 Å². The first kappa shape index (κ1) is 29.5. The van der Waals surface area contributed by atoms with E-state index in [4.69, 9.17) is 14.6 Å². The van der Waals surface area contributed by atoms with Gasteiger partial charge in [-0.2, -0.15) is 13.2 Å². The Hall–Kier alpha value is -2.75. The number of carboxylic acids is 1. The first-order valence-electron chi connectivity index (χ1n) is 11.6. The Bertz CT molecular complexity index is 982. The van der Waals surface area contributed by atoms with Crippen molar-refractivity contribution in [3.05, 3.63) is 42.6 Å². The highest BCUT2D eigenvalue weighted by atomic mass is 32.2. The van der Waals surface area contributed by atoms with Crippen LogP contribution in [-0.2, 0) is 9.59 Å². The summed E-state index contributed by atoms with van der Waals surface area (Å²) in [4.78, 5) is 29.1. The number of thioether (sulfide) groups is 1. The molecule has 1 aromatic carbocycles. The maximum atomic E-state index is 12.4. The van der Waals surface area contributed by atoms with Gasteiger partial charge in [0.05, 0.1) is 18.5 Å². The molecule has 0 saturated carbocycles. The normalized spacial score (nSPS) is 14.6. The minimum Gasteiger partial charge on any atom is -0.492 e. The number of aromatic nitrogens is 1. The standard InChI is InChI=1S/C24H32N2O2S.C2HF3O2/c1-24(2,3)15-23(27)26-13-11-18(12-14-26)17-28-20-7-10-22(25-16-20)19-5-8-21(29-4)9-6-19;3-2(4,5)1(6)7/h5-10,16,18H,11-15,17H2,1-4H3;(H,6,7). The molecule has 1 aliphatic heterocycles. The summed E-state index contributed by atoms with van der Waals surface area (Å²) in [7, 11) is 0. The number of piperidine rings is 1. The summed E-state index contributed by atoms with van der Waals surface area (Å²) < 4.78 is 37.7. The number of ether oxygens (including phenoxy) is 1. The third-order valence-corrected chi connectivity index (χ3v) is 6.24. The van der Waals surface area contributed by atoms with Crippen molar-refractivity contribution in [2.45, 2.75) is 51.1 Å². The van der Waals surface area contributed by atoms with Crippen molar-refractivity contribution >= 4 is 23.6 Å². The van der Waals surface area contributed by atoms with E-state index in [9.17, 15) is 18.0 Å². The highest BCUT2D eigenvalue weighted by Crippen LogP contribution is 2.25. The lowest BCUT2D eigenvalue weighted by Crippen LogP contribution is -2.40. The fraction of sp³-hybridized carbons (Fsp3) is 0.500. The molecule has 0 bridgehead atoms. The van der Waals surface area contributed by atoms with Crippen molar-refractivity contribution in [2.24, 2.45) is 11.3 Å². The number of likely N-dealkylation sites (tertiary alicyclic amines) is 1. The summed E-state index contributed by atoms with van der Waals surface area (Å²) in [6, 6.07) is 12.4. The van der Waals surface area contributed by atoms with Crippen LogP contribution in [0.3, 0.4) is 0 Å². The fourth-order valence-electron chi connectivity index (χ4n) is 3.53. The second-order valence-corrected chi connectivity index (χ2v) is 10.7. The quantitative estimate of drug-likeness (QED) is 0.455. The van der Waals surface area contributed by atoms with Crippen LogP contribution >= 0.6 is 11.8 Å². The third kappa shape index (κ3) is 10.1. The van der Waals surface area contributed by atoms with E-state index in [1.807, 2.05) is 17.0 Å². The van der Waals surface area contributed by atoms with E-state index < -0.39 is 12.1 Å². The van der Waals surface area contributed by atoms with Gasteiger partial charge in [-0.3, -0.25) is 9.78 Å². The minimum absolute atomic E-state index is 0.0488. The molecule has 0 unspecified atom stereocenters. The summed E-state index contributed by atoms with van der Waals surface area (Å²) in [6.07, 6.45) is 1.42. The van der Waals surface area contributed by atoms with Crippen molar-refractivity contribution in [2.75, 3.05) is 26.0 Å². The Morgan fingerprint density at radius 1 is 1.08 bits per heavy atom. The Kier molecular flexibility index (Phi) is 10.6. The number of amides is 1. The fourth-order valence-corrected chi connectivity index (χ4v) is 3.94. The number of halogens is 3. The van der Waals surface area contributed by atoms with Crippen LogP contribution in [0.2, 0.25) is 0 Å². The molecule has 198 valence electrons. The first-order valence-corrected chi connectivity index (χ1v) is 12.8. The number of carbonyl (C=O) groups excluding carboxylic acids is 1. The molecule has 0 radical (unpaired) electrons. The van der Waals surface area contributed by atoms with E-state index in [1.165, 1.54) is 4.90 Å². The number of carboxylic acid groups (broad SMARTS) is 1. The van der Waals surface area contributed by atoms with Gasteiger partial charge in [0, 0.05) is 30.0 Å². The largest absolute Gasteiger partial charge is 0.492 e. The number of alkyl halides is 3. The van der Waals surface area contributed by atoms with Crippen LogP contribution in [0.1, 0.15) is 40.0 Å². The maximum absolute atomic E-state index is 12.4. The first-order chi connectivity index (χ1) is 16.8. The van der Waals surface area contributed by atoms with E-state index >= 15 is 0 Å². The van der Waals surface area contributed by atoms with E-state index in [0.29, 0.717) is 18.9 Å². The van der Waals surface area contributed by atoms with Crippen molar-refractivity contribution in [3.8, 4) is 17.0 Å². The molecule has 1 aliphatic rings. The molecule has 3 rings (SSSR count). The smallest absolute Gasteiger partial charge is 0.490 e. The van der Waals surface area contributed by atoms with Crippen molar-refractivity contribution in [1.82, 2.24) is 9.88 Å². The van der Waals surface area contributed by atoms with Gasteiger partial charge in [0.2, 0.25) is 5.91 Å². The van der Waals surface area contributed by atoms with Gasteiger partial charge in [-0.05, 0) is 54.7 Å². The predicted molar refractivity (Wildman–Crippen MR) is 134 cm³/mol. The van der Waals surface area contributed by atoms with E-state index in [0.717, 1.165) is 42.9 Å². The van der Waals surface area contributed by atoms with Gasteiger partial charge in [0.1, 0.15) is 5.75 Å². The molecule has 0 spiro atoms. The van der Waals surface area contributed by atoms with Crippen molar-refractivity contribution in [3.63, 3.8) is 0 Å². The SMILES string of the molecule is CSc1ccc(-c2ccc(OCC3CCN(C(=O)CC(C)(C)C)CC3)cn2)cc1.O=C(O)C(F)(F)F. The van der Waals surface area contributed by atoms with Crippen molar-refractivity contribution < 1.29 is 32.6 Å². The summed E-state index contributed by atoms with van der Waals surface area (Å²) in [5.41, 5.74) is 2.12. The minimum atomic E-state index is -5.08. The molecule has 1 N–H and O–H groups in total. The number of carbonyl (C=O) groups is 2. The van der Waals surface area contributed by atoms with Crippen LogP contribution in [0.15, 0.2) is 47.5 Å². The van der Waals surface area contributed by atoms with E-state index in [-0.39, 0.29) is 11.3 Å². The number of nitrogens with zero attached hydrogens (tertiary/aromatic N) is 2. The Morgan fingerprint density at radius 2 is 1.67 bits per heavy atom. The van der Waals surface area contributed by atoms with Gasteiger partial charge in [-0.25, -0.2) is 4.79 Å². The van der Waals surface area contributed by atoms with Crippen LogP contribution in [-0.4, -0.2) is 59.0 Å². The second kappa shape index (κ2) is 13.0. The monoisotopic (exact) mass is 526 g/mol. The summed E-state index contributed by atoms with van der Waals surface area (Å²) >= 11 is 1.74. The highest BCUT2D eigenvalue weighted by Gasteiger charge is 2.38. The molecular weight excluding hydrogens is 493 g/mol. The summed E-state index contributed by atoms with van der Waals surface area (Å²) in [5, 5.41) is 7.12. The molecule has 1 fully saturated rings. The van der Waals surface area contributed by atoms with Gasteiger partial charge in [0.25, 0.3) is 0 Å². The molecule has 2 aromatic rings. The molecule has 0 atom stereocenters. The molecule has 1 aromatic heterocycles. The molecular formula is C26H33F3N2O4S. The predicted octanol–water partition coefficient (Wildman–Crippen LogP) is 6.16. The molecule has 1 saturated heterocycles. The van der Waals surface area contributed by atoms with E-state index in [1.54, 1.807) is 18.0 Å². The zero-order valence-corrected chi connectivity index (χ0v) is 21.8. The topological polar surface area (TPSA) is 79.7 Å². The Balaban J connectivity index is 0.000000572. The summed E-state index contributed by atoms with van der Waals surface area (Å²) in [6.45, 7) is 8.71. The van der Waals surface area contributed by atoms with Gasteiger partial charge in [-0.15, -0.1) is 11.8 Å². The van der Waals surface area contributed by atoms with E-state index in [2.05, 4.69) is 56.3 Å². The molecule has 0 aliphatic carbocycles.